The van der Waals surface area contributed by atoms with E-state index in [0.29, 0.717) is 63.2 Å². The zero-order valence-corrected chi connectivity index (χ0v) is 27.5. The minimum absolute atomic E-state index is 0.0276. The maximum absolute atomic E-state index is 13.2. The number of carbonyl (C=O) groups is 3. The summed E-state index contributed by atoms with van der Waals surface area (Å²) in [5, 5.41) is 0. The summed E-state index contributed by atoms with van der Waals surface area (Å²) in [5.74, 6) is 0.338. The zero-order chi connectivity index (χ0) is 31.9. The van der Waals surface area contributed by atoms with Crippen LogP contribution in [0.1, 0.15) is 117 Å². The van der Waals surface area contributed by atoms with Gasteiger partial charge in [0, 0.05) is 6.61 Å². The average molecular weight is 646 g/mol. The number of hydrogen-bond acceptors (Lipinski definition) is 6. The summed E-state index contributed by atoms with van der Waals surface area (Å²) in [5.41, 5.74) is 1.53. The van der Waals surface area contributed by atoms with Crippen LogP contribution in [0, 0.1) is 5.92 Å². The first-order valence-corrected chi connectivity index (χ1v) is 17.3. The Morgan fingerprint density at radius 1 is 0.682 bits per heavy atom. The molecular weight excluding hydrogens is 599 g/mol. The maximum atomic E-state index is 13.2. The van der Waals surface area contributed by atoms with Gasteiger partial charge in [-0.25, -0.2) is 0 Å². The van der Waals surface area contributed by atoms with E-state index in [1.54, 1.807) is 72.8 Å². The molecule has 0 saturated heterocycles. The summed E-state index contributed by atoms with van der Waals surface area (Å²) in [4.78, 5) is 38.1. The van der Waals surface area contributed by atoms with E-state index in [2.05, 4.69) is 27.7 Å². The molecule has 3 aromatic carbocycles. The molecule has 0 radical (unpaired) electrons. The SMILES string of the molecule is CCCCC(CC)CC(=O)c1cc[c]([Co](=[O])[c]2ccc(C(=O)Oc3ccc(C(=O)CCC(CC)OCCC)cc3)cc2)cc1. The molecule has 6 nitrogen and oxygen atoms in total. The van der Waals surface area contributed by atoms with Gasteiger partial charge >= 0.3 is 217 Å². The molecular formula is C37H46CoO6. The van der Waals surface area contributed by atoms with Crippen molar-refractivity contribution in [2.24, 2.45) is 5.92 Å². The monoisotopic (exact) mass is 645 g/mol. The molecule has 0 aliphatic heterocycles. The van der Waals surface area contributed by atoms with E-state index in [1.165, 1.54) is 0 Å². The van der Waals surface area contributed by atoms with Crippen LogP contribution in [0.2, 0.25) is 0 Å². The number of esters is 1. The third-order valence-electron chi connectivity index (χ3n) is 7.68. The van der Waals surface area contributed by atoms with Crippen molar-refractivity contribution in [3.8, 4) is 5.75 Å². The second-order valence-corrected chi connectivity index (χ2v) is 12.9. The quantitative estimate of drug-likeness (QED) is 0.0752. The van der Waals surface area contributed by atoms with E-state index in [0.717, 1.165) is 38.5 Å². The van der Waals surface area contributed by atoms with Gasteiger partial charge in [0.2, 0.25) is 0 Å². The molecule has 0 N–H and O–H groups in total. The van der Waals surface area contributed by atoms with Crippen molar-refractivity contribution in [1.82, 2.24) is 0 Å². The van der Waals surface area contributed by atoms with Gasteiger partial charge in [-0.1, -0.05) is 13.8 Å². The second-order valence-electron chi connectivity index (χ2n) is 11.0. The number of benzene rings is 3. The van der Waals surface area contributed by atoms with Crippen LogP contribution in [0.4, 0.5) is 0 Å². The molecule has 0 amide bonds. The van der Waals surface area contributed by atoms with E-state index in [9.17, 15) is 18.2 Å². The molecule has 7 heteroatoms. The van der Waals surface area contributed by atoms with Crippen molar-refractivity contribution in [2.45, 2.75) is 91.6 Å². The molecule has 0 aliphatic carbocycles. The molecule has 0 aliphatic rings. The van der Waals surface area contributed by atoms with E-state index in [-0.39, 0.29) is 17.7 Å². The van der Waals surface area contributed by atoms with Crippen LogP contribution in [-0.4, -0.2) is 30.2 Å². The van der Waals surface area contributed by atoms with Crippen LogP contribution in [-0.2, 0) is 22.2 Å². The van der Waals surface area contributed by atoms with Gasteiger partial charge in [0.05, 0.1) is 6.10 Å². The third kappa shape index (κ3) is 10.7. The summed E-state index contributed by atoms with van der Waals surface area (Å²) in [6, 6.07) is 20.1. The van der Waals surface area contributed by atoms with Gasteiger partial charge in [-0.05, 0) is 19.3 Å². The van der Waals surface area contributed by atoms with Crippen LogP contribution in [0.15, 0.2) is 72.8 Å². The Hall–Kier alpha value is -3.26. The Morgan fingerprint density at radius 3 is 1.80 bits per heavy atom. The fraction of sp³-hybridized carbons (Fsp3) is 0.432. The Balaban J connectivity index is 1.54. The first-order valence-electron chi connectivity index (χ1n) is 15.8. The van der Waals surface area contributed by atoms with Crippen molar-refractivity contribution in [3.05, 3.63) is 89.5 Å². The molecule has 0 heterocycles. The van der Waals surface area contributed by atoms with Crippen molar-refractivity contribution >= 4 is 26.5 Å². The number of ether oxygens (including phenoxy) is 2. The van der Waals surface area contributed by atoms with E-state index in [4.69, 9.17) is 9.47 Å². The standard InChI is InChI=1S/C22H25O4.C15H21O.Co.O/c1-3-16-25-19(4-2)14-15-21(23)17-10-12-20(13-11-17)26-22(24)18-8-6-5-7-9-18;1-3-5-9-13(4-2)12-15(16)14-10-7-6-8-11-14;;/h6-13,19H,3-4,14-16H2,1-2H3;7-8,10-11,13H,3-5,9,12H2,1-2H3;;. The molecule has 2 atom stereocenters. The van der Waals surface area contributed by atoms with Gasteiger partial charge in [-0.2, -0.15) is 0 Å². The Labute approximate surface area is 266 Å². The van der Waals surface area contributed by atoms with Gasteiger partial charge in [0.15, 0.2) is 0 Å². The molecule has 0 bridgehead atoms. The average Bonchev–Trinajstić information content (AvgIpc) is 3.06. The van der Waals surface area contributed by atoms with Crippen LogP contribution < -0.4 is 13.7 Å². The fourth-order valence-corrected chi connectivity index (χ4v) is 6.17. The van der Waals surface area contributed by atoms with Gasteiger partial charge in [0.1, 0.15) is 0 Å². The number of rotatable bonds is 19. The van der Waals surface area contributed by atoms with Gasteiger partial charge < -0.3 is 4.74 Å². The topological polar surface area (TPSA) is 86.7 Å². The molecule has 3 rings (SSSR count). The summed E-state index contributed by atoms with van der Waals surface area (Å²) in [6.45, 7) is 9.11. The molecule has 0 spiro atoms. The molecule has 239 valence electrons. The summed E-state index contributed by atoms with van der Waals surface area (Å²) >= 11 is -1.86. The summed E-state index contributed by atoms with van der Waals surface area (Å²) in [7, 11) is 0. The Bertz CT molecular complexity index is 1360. The van der Waals surface area contributed by atoms with E-state index >= 15 is 0 Å². The molecule has 0 aromatic heterocycles. The molecule has 2 unspecified atom stereocenters. The van der Waals surface area contributed by atoms with Crippen LogP contribution in [0.3, 0.4) is 0 Å². The third-order valence-corrected chi connectivity index (χ3v) is 9.46. The zero-order valence-electron chi connectivity index (χ0n) is 26.4. The van der Waals surface area contributed by atoms with Gasteiger partial charge in [-0.15, -0.1) is 0 Å². The van der Waals surface area contributed by atoms with Crippen molar-refractivity contribution in [1.29, 1.82) is 0 Å². The van der Waals surface area contributed by atoms with Gasteiger partial charge in [-0.3, -0.25) is 0 Å². The summed E-state index contributed by atoms with van der Waals surface area (Å²) < 4.78 is 25.7. The predicted octanol–water partition coefficient (Wildman–Crippen LogP) is 7.78. The van der Waals surface area contributed by atoms with Gasteiger partial charge in [0.25, 0.3) is 0 Å². The van der Waals surface area contributed by atoms with E-state index in [1.807, 2.05) is 0 Å². The molecule has 3 aromatic rings. The second kappa shape index (κ2) is 18.5. The minimum atomic E-state index is -1.86. The number of carbonyl (C=O) groups excluding carboxylic acids is 3. The molecule has 0 fully saturated rings. The molecule has 0 saturated carbocycles. The summed E-state index contributed by atoms with van der Waals surface area (Å²) in [6.07, 6.45) is 7.83. The first kappa shape index (κ1) is 35.2. The normalized spacial score (nSPS) is 12.8. The van der Waals surface area contributed by atoms with Crippen molar-refractivity contribution in [3.63, 3.8) is 0 Å². The predicted molar refractivity (Wildman–Crippen MR) is 170 cm³/mol. The Kier molecular flexibility index (Phi) is 14.8. The Morgan fingerprint density at radius 2 is 1.25 bits per heavy atom. The number of unbranched alkanes of at least 4 members (excludes halogenated alkanes) is 1. The van der Waals surface area contributed by atoms with Crippen molar-refractivity contribution < 1.29 is 41.3 Å². The van der Waals surface area contributed by atoms with Crippen molar-refractivity contribution in [2.75, 3.05) is 6.61 Å². The van der Waals surface area contributed by atoms with E-state index < -0.39 is 19.6 Å². The number of hydrogen-bond donors (Lipinski definition) is 0. The molecule has 44 heavy (non-hydrogen) atoms. The first-order chi connectivity index (χ1) is 21.3. The number of ketones is 2. The number of Topliss-reactive ketones (excluding diaryl/α,β-unsaturated/α-hetero) is 2. The van der Waals surface area contributed by atoms with Crippen LogP contribution >= 0.6 is 0 Å². The fourth-order valence-electron chi connectivity index (χ4n) is 4.84. The van der Waals surface area contributed by atoms with Crippen LogP contribution in [0.5, 0.6) is 5.75 Å². The van der Waals surface area contributed by atoms with Crippen LogP contribution in [0.25, 0.3) is 0 Å².